The predicted octanol–water partition coefficient (Wildman–Crippen LogP) is 0.922. The van der Waals surface area contributed by atoms with Crippen LogP contribution in [0.5, 0.6) is 5.75 Å². The molecular weight excluding hydrogens is 178 g/mol. The Bertz CT molecular complexity index is 388. The molecule has 1 rings (SSSR count). The second-order valence-corrected chi connectivity index (χ2v) is 2.68. The van der Waals surface area contributed by atoms with E-state index in [-0.39, 0.29) is 6.42 Å². The lowest BCUT2D eigenvalue weighted by Gasteiger charge is -1.97. The average molecular weight is 189 g/mol. The fourth-order valence-electron chi connectivity index (χ4n) is 0.934. The minimum atomic E-state index is -0.416. The van der Waals surface area contributed by atoms with Gasteiger partial charge in [0.1, 0.15) is 5.75 Å². The first-order chi connectivity index (χ1) is 6.72. The first-order valence-electron chi connectivity index (χ1n) is 4.13. The molecule has 2 N–H and O–H groups in total. The molecular formula is C11H11NO2. The Morgan fingerprint density at radius 3 is 3.00 bits per heavy atom. The number of carbonyl (C=O) groups is 1. The molecule has 0 spiro atoms. The summed E-state index contributed by atoms with van der Waals surface area (Å²) < 4.78 is 5.02. The van der Waals surface area contributed by atoms with Gasteiger partial charge in [-0.15, -0.1) is 0 Å². The lowest BCUT2D eigenvalue weighted by molar-refractivity contribution is -0.117. The van der Waals surface area contributed by atoms with Crippen LogP contribution in [0.25, 0.3) is 0 Å². The summed E-state index contributed by atoms with van der Waals surface area (Å²) in [5, 5.41) is 0. The molecule has 3 heteroatoms. The molecule has 0 aliphatic carbocycles. The molecule has 0 aliphatic rings. The van der Waals surface area contributed by atoms with Crippen LogP contribution in [0, 0.1) is 11.8 Å². The van der Waals surface area contributed by atoms with Crippen LogP contribution in [0.15, 0.2) is 24.3 Å². The molecule has 14 heavy (non-hydrogen) atoms. The number of amides is 1. The lowest BCUT2D eigenvalue weighted by Crippen LogP contribution is -2.08. The highest BCUT2D eigenvalue weighted by atomic mass is 16.5. The normalized spacial score (nSPS) is 8.64. The maximum absolute atomic E-state index is 10.4. The van der Waals surface area contributed by atoms with Gasteiger partial charge in [0.05, 0.1) is 13.5 Å². The van der Waals surface area contributed by atoms with Gasteiger partial charge in [0.25, 0.3) is 0 Å². The van der Waals surface area contributed by atoms with Crippen molar-refractivity contribution in [2.75, 3.05) is 7.11 Å². The number of carbonyl (C=O) groups excluding carboxylic acids is 1. The Hall–Kier alpha value is -1.95. The second-order valence-electron chi connectivity index (χ2n) is 2.68. The number of hydrogen-bond donors (Lipinski definition) is 1. The SMILES string of the molecule is COc1cccc(C#CCC(N)=O)c1. The van der Waals surface area contributed by atoms with E-state index in [4.69, 9.17) is 10.5 Å². The van der Waals surface area contributed by atoms with Crippen molar-refractivity contribution in [2.24, 2.45) is 5.73 Å². The average Bonchev–Trinajstić information content (AvgIpc) is 2.18. The van der Waals surface area contributed by atoms with Gasteiger partial charge in [0.2, 0.25) is 5.91 Å². The monoisotopic (exact) mass is 189 g/mol. The van der Waals surface area contributed by atoms with Crippen LogP contribution >= 0.6 is 0 Å². The molecule has 0 aromatic heterocycles. The van der Waals surface area contributed by atoms with Gasteiger partial charge in [-0.3, -0.25) is 4.79 Å². The molecule has 0 atom stereocenters. The van der Waals surface area contributed by atoms with Crippen LogP contribution in [0.2, 0.25) is 0 Å². The van der Waals surface area contributed by atoms with Crippen molar-refractivity contribution in [3.8, 4) is 17.6 Å². The van der Waals surface area contributed by atoms with Gasteiger partial charge in [-0.25, -0.2) is 0 Å². The number of primary amides is 1. The number of methoxy groups -OCH3 is 1. The van der Waals surface area contributed by atoms with Crippen molar-refractivity contribution < 1.29 is 9.53 Å². The fourth-order valence-corrected chi connectivity index (χ4v) is 0.934. The summed E-state index contributed by atoms with van der Waals surface area (Å²) in [6.45, 7) is 0. The summed E-state index contributed by atoms with van der Waals surface area (Å²) >= 11 is 0. The van der Waals surface area contributed by atoms with E-state index in [2.05, 4.69) is 11.8 Å². The minimum absolute atomic E-state index is 0.0806. The Labute approximate surface area is 82.9 Å². The number of rotatable bonds is 2. The van der Waals surface area contributed by atoms with Gasteiger partial charge < -0.3 is 10.5 Å². The van der Waals surface area contributed by atoms with Crippen molar-refractivity contribution in [3.05, 3.63) is 29.8 Å². The topological polar surface area (TPSA) is 52.3 Å². The van der Waals surface area contributed by atoms with Crippen LogP contribution in [0.1, 0.15) is 12.0 Å². The molecule has 0 bridgehead atoms. The molecule has 0 heterocycles. The van der Waals surface area contributed by atoms with Gasteiger partial charge in [0.15, 0.2) is 0 Å². The van der Waals surface area contributed by atoms with Crippen molar-refractivity contribution in [2.45, 2.75) is 6.42 Å². The summed E-state index contributed by atoms with van der Waals surface area (Å²) in [6, 6.07) is 7.32. The molecule has 0 saturated carbocycles. The van der Waals surface area contributed by atoms with Crippen molar-refractivity contribution >= 4 is 5.91 Å². The minimum Gasteiger partial charge on any atom is -0.497 e. The Morgan fingerprint density at radius 1 is 1.57 bits per heavy atom. The summed E-state index contributed by atoms with van der Waals surface area (Å²) in [4.78, 5) is 10.4. The smallest absolute Gasteiger partial charge is 0.229 e. The number of hydrogen-bond acceptors (Lipinski definition) is 2. The van der Waals surface area contributed by atoms with E-state index in [1.54, 1.807) is 13.2 Å². The van der Waals surface area contributed by atoms with Gasteiger partial charge >= 0.3 is 0 Å². The van der Waals surface area contributed by atoms with Gasteiger partial charge in [-0.05, 0) is 18.2 Å². The highest BCUT2D eigenvalue weighted by Gasteiger charge is 1.91. The van der Waals surface area contributed by atoms with Gasteiger partial charge in [-0.2, -0.15) is 0 Å². The third-order valence-corrected chi connectivity index (χ3v) is 1.57. The Morgan fingerprint density at radius 2 is 2.36 bits per heavy atom. The maximum atomic E-state index is 10.4. The molecule has 3 nitrogen and oxygen atoms in total. The van der Waals surface area contributed by atoms with Gasteiger partial charge in [-0.1, -0.05) is 17.9 Å². The van der Waals surface area contributed by atoms with E-state index in [0.717, 1.165) is 11.3 Å². The third kappa shape index (κ3) is 3.20. The van der Waals surface area contributed by atoms with E-state index in [0.29, 0.717) is 0 Å². The predicted molar refractivity (Wildman–Crippen MR) is 53.7 cm³/mol. The van der Waals surface area contributed by atoms with Crippen LogP contribution in [-0.4, -0.2) is 13.0 Å². The first-order valence-corrected chi connectivity index (χ1v) is 4.13. The molecule has 0 fully saturated rings. The van der Waals surface area contributed by atoms with Crippen molar-refractivity contribution in [3.63, 3.8) is 0 Å². The highest BCUT2D eigenvalue weighted by Crippen LogP contribution is 2.11. The zero-order chi connectivity index (χ0) is 10.4. The number of nitrogens with two attached hydrogens (primary N) is 1. The summed E-state index contributed by atoms with van der Waals surface area (Å²) in [7, 11) is 1.59. The number of ether oxygens (including phenoxy) is 1. The van der Waals surface area contributed by atoms with Crippen molar-refractivity contribution in [1.82, 2.24) is 0 Å². The number of benzene rings is 1. The largest absolute Gasteiger partial charge is 0.497 e. The Balaban J connectivity index is 2.74. The lowest BCUT2D eigenvalue weighted by atomic mass is 10.2. The highest BCUT2D eigenvalue weighted by molar-refractivity contribution is 5.76. The van der Waals surface area contributed by atoms with Crippen LogP contribution in [0.4, 0.5) is 0 Å². The molecule has 0 unspecified atom stereocenters. The van der Waals surface area contributed by atoms with Crippen molar-refractivity contribution in [1.29, 1.82) is 0 Å². The Kier molecular flexibility index (Phi) is 3.57. The molecule has 0 aliphatic heterocycles. The van der Waals surface area contributed by atoms with E-state index in [9.17, 15) is 4.79 Å². The summed E-state index contributed by atoms with van der Waals surface area (Å²) in [5.74, 6) is 5.82. The van der Waals surface area contributed by atoms with E-state index < -0.39 is 5.91 Å². The molecule has 1 aromatic carbocycles. The first kappa shape index (κ1) is 10.1. The zero-order valence-electron chi connectivity index (χ0n) is 7.91. The van der Waals surface area contributed by atoms with E-state index in [1.165, 1.54) is 0 Å². The van der Waals surface area contributed by atoms with E-state index >= 15 is 0 Å². The second kappa shape index (κ2) is 4.93. The van der Waals surface area contributed by atoms with Crippen LogP contribution in [0.3, 0.4) is 0 Å². The summed E-state index contributed by atoms with van der Waals surface area (Å²) in [5.41, 5.74) is 5.76. The molecule has 72 valence electrons. The fraction of sp³-hybridized carbons (Fsp3) is 0.182. The van der Waals surface area contributed by atoms with Crippen LogP contribution < -0.4 is 10.5 Å². The maximum Gasteiger partial charge on any atom is 0.229 e. The molecule has 1 aromatic rings. The standard InChI is InChI=1S/C11H11NO2/c1-14-10-6-2-4-9(8-10)5-3-7-11(12)13/h2,4,6,8H,7H2,1H3,(H2,12,13). The molecule has 0 radical (unpaired) electrons. The molecule has 0 saturated heterocycles. The molecule has 1 amide bonds. The summed E-state index contributed by atoms with van der Waals surface area (Å²) in [6.07, 6.45) is 0.0806. The van der Waals surface area contributed by atoms with Crippen LogP contribution in [-0.2, 0) is 4.79 Å². The third-order valence-electron chi connectivity index (χ3n) is 1.57. The quantitative estimate of drug-likeness (QED) is 0.703. The van der Waals surface area contributed by atoms with E-state index in [1.807, 2.05) is 18.2 Å². The van der Waals surface area contributed by atoms with Gasteiger partial charge in [0, 0.05) is 5.56 Å². The zero-order valence-corrected chi connectivity index (χ0v) is 7.91.